The molecule has 1 N–H and O–H groups in total. The molecule has 29 heavy (non-hydrogen) atoms. The zero-order chi connectivity index (χ0) is 21.6. The van der Waals surface area contributed by atoms with Crippen LogP contribution in [0.3, 0.4) is 0 Å². The van der Waals surface area contributed by atoms with Gasteiger partial charge < -0.3 is 14.3 Å². The lowest BCUT2D eigenvalue weighted by atomic mass is 9.58. The fraction of sp³-hybridized carbons (Fsp3) is 0.708. The fourth-order valence-corrected chi connectivity index (χ4v) is 6.32. The maximum Gasteiger partial charge on any atom is 0.312 e. The van der Waals surface area contributed by atoms with Crippen molar-refractivity contribution in [3.63, 3.8) is 0 Å². The summed E-state index contributed by atoms with van der Waals surface area (Å²) in [6.45, 7) is 16.4. The molecule has 0 aliphatic heterocycles. The number of carbonyl (C=O) groups is 1. The molecule has 0 saturated heterocycles. The van der Waals surface area contributed by atoms with Crippen LogP contribution in [-0.4, -0.2) is 32.6 Å². The van der Waals surface area contributed by atoms with E-state index in [9.17, 15) is 9.90 Å². The third kappa shape index (κ3) is 3.82. The van der Waals surface area contributed by atoms with Crippen LogP contribution in [0.1, 0.15) is 70.6 Å². The summed E-state index contributed by atoms with van der Waals surface area (Å²) in [6, 6.07) is 8.09. The van der Waals surface area contributed by atoms with Crippen LogP contribution in [0.2, 0.25) is 18.1 Å². The van der Waals surface area contributed by atoms with Gasteiger partial charge in [0.05, 0.1) is 18.6 Å². The van der Waals surface area contributed by atoms with E-state index < -0.39 is 20.3 Å². The predicted molar refractivity (Wildman–Crippen MR) is 118 cm³/mol. The largest absolute Gasteiger partial charge is 0.466 e. The number of benzene rings is 1. The van der Waals surface area contributed by atoms with E-state index in [1.54, 1.807) is 0 Å². The zero-order valence-corrected chi connectivity index (χ0v) is 20.1. The van der Waals surface area contributed by atoms with Gasteiger partial charge in [0.15, 0.2) is 8.32 Å². The number of hydrogen-bond donors (Lipinski definition) is 1. The Bertz CT molecular complexity index is 753. The van der Waals surface area contributed by atoms with E-state index in [4.69, 9.17) is 9.16 Å². The smallest absolute Gasteiger partial charge is 0.312 e. The number of ether oxygens (including phenoxy) is 1. The molecule has 1 fully saturated rings. The molecule has 1 saturated carbocycles. The minimum absolute atomic E-state index is 0.170. The third-order valence-electron chi connectivity index (χ3n) is 7.92. The molecule has 0 amide bonds. The summed E-state index contributed by atoms with van der Waals surface area (Å²) >= 11 is 0. The maximum absolute atomic E-state index is 12.9. The molecule has 0 radical (unpaired) electrons. The zero-order valence-electron chi connectivity index (χ0n) is 19.1. The van der Waals surface area contributed by atoms with E-state index in [1.165, 1.54) is 5.56 Å². The molecule has 2 aliphatic rings. The van der Waals surface area contributed by atoms with Crippen LogP contribution in [0.5, 0.6) is 0 Å². The van der Waals surface area contributed by atoms with Crippen LogP contribution in [-0.2, 0) is 14.0 Å². The SMILES string of the molecule is CCOC(=O)[C@H]1[C@@H](O)c2ccccc2[C@H]2[C@H](CO[Si](C)(C)C(C)(C)C)CC[C@]12C. The number of esters is 1. The summed E-state index contributed by atoms with van der Waals surface area (Å²) in [7, 11) is -1.85. The average molecular weight is 419 g/mol. The van der Waals surface area contributed by atoms with Gasteiger partial charge in [-0.2, -0.15) is 0 Å². The normalized spacial score (nSPS) is 31.9. The molecular weight excluding hydrogens is 380 g/mol. The van der Waals surface area contributed by atoms with Crippen LogP contribution in [0.4, 0.5) is 0 Å². The summed E-state index contributed by atoms with van der Waals surface area (Å²) in [6.07, 6.45) is 1.09. The summed E-state index contributed by atoms with van der Waals surface area (Å²) in [5.41, 5.74) is 1.75. The fourth-order valence-electron chi connectivity index (χ4n) is 5.26. The molecule has 2 aliphatic carbocycles. The Hall–Kier alpha value is -1.17. The second-order valence-corrected chi connectivity index (χ2v) is 15.5. The second-order valence-electron chi connectivity index (χ2n) is 10.7. The van der Waals surface area contributed by atoms with E-state index in [2.05, 4.69) is 46.9 Å². The molecular formula is C24H38O4Si. The van der Waals surface area contributed by atoms with Crippen molar-refractivity contribution >= 4 is 14.3 Å². The third-order valence-corrected chi connectivity index (χ3v) is 12.4. The van der Waals surface area contributed by atoms with E-state index in [0.29, 0.717) is 12.5 Å². The van der Waals surface area contributed by atoms with Gasteiger partial charge in [-0.25, -0.2) is 0 Å². The van der Waals surface area contributed by atoms with Crippen molar-refractivity contribution in [2.75, 3.05) is 13.2 Å². The Balaban J connectivity index is 1.96. The minimum atomic E-state index is -1.85. The van der Waals surface area contributed by atoms with E-state index in [-0.39, 0.29) is 22.3 Å². The highest BCUT2D eigenvalue weighted by Gasteiger charge is 2.59. The lowest BCUT2D eigenvalue weighted by Crippen LogP contribution is -2.46. The van der Waals surface area contributed by atoms with Crippen LogP contribution in [0.15, 0.2) is 24.3 Å². The molecule has 1 aromatic carbocycles. The Morgan fingerprint density at radius 2 is 1.86 bits per heavy atom. The quantitative estimate of drug-likeness (QED) is 0.511. The van der Waals surface area contributed by atoms with E-state index >= 15 is 0 Å². The van der Waals surface area contributed by atoms with Crippen LogP contribution in [0.25, 0.3) is 0 Å². The number of rotatable bonds is 5. The van der Waals surface area contributed by atoms with Gasteiger partial charge in [-0.3, -0.25) is 4.79 Å². The lowest BCUT2D eigenvalue weighted by molar-refractivity contribution is -0.161. The highest BCUT2D eigenvalue weighted by Crippen LogP contribution is 2.63. The molecule has 0 heterocycles. The van der Waals surface area contributed by atoms with Gasteiger partial charge in [0.1, 0.15) is 0 Å². The lowest BCUT2D eigenvalue weighted by Gasteiger charge is -2.47. The molecule has 4 nitrogen and oxygen atoms in total. The first-order valence-electron chi connectivity index (χ1n) is 11.0. The summed E-state index contributed by atoms with van der Waals surface area (Å²) in [5.74, 6) is -0.255. The summed E-state index contributed by atoms with van der Waals surface area (Å²) in [4.78, 5) is 12.9. The van der Waals surface area contributed by atoms with Gasteiger partial charge in [0, 0.05) is 6.61 Å². The summed E-state index contributed by atoms with van der Waals surface area (Å²) in [5, 5.41) is 11.3. The average Bonchev–Trinajstić information content (AvgIpc) is 2.96. The topological polar surface area (TPSA) is 55.8 Å². The van der Waals surface area contributed by atoms with Crippen molar-refractivity contribution in [2.24, 2.45) is 17.3 Å². The second kappa shape index (κ2) is 7.82. The van der Waals surface area contributed by atoms with Gasteiger partial charge in [-0.1, -0.05) is 52.0 Å². The van der Waals surface area contributed by atoms with Gasteiger partial charge in [0.2, 0.25) is 0 Å². The van der Waals surface area contributed by atoms with Crippen molar-refractivity contribution in [2.45, 2.75) is 77.6 Å². The number of hydrogen-bond acceptors (Lipinski definition) is 4. The Morgan fingerprint density at radius 3 is 2.45 bits per heavy atom. The van der Waals surface area contributed by atoms with Crippen molar-refractivity contribution < 1.29 is 19.1 Å². The van der Waals surface area contributed by atoms with E-state index in [0.717, 1.165) is 25.0 Å². The highest BCUT2D eigenvalue weighted by molar-refractivity contribution is 6.74. The van der Waals surface area contributed by atoms with Crippen molar-refractivity contribution in [1.29, 1.82) is 0 Å². The predicted octanol–water partition coefficient (Wildman–Crippen LogP) is 5.43. The minimum Gasteiger partial charge on any atom is -0.466 e. The Kier molecular flexibility index (Phi) is 6.07. The molecule has 0 aromatic heterocycles. The number of aliphatic hydroxyl groups is 1. The van der Waals surface area contributed by atoms with Crippen LogP contribution >= 0.6 is 0 Å². The molecule has 1 aromatic rings. The maximum atomic E-state index is 12.9. The van der Waals surface area contributed by atoms with Crippen molar-refractivity contribution in [1.82, 2.24) is 0 Å². The summed E-state index contributed by atoms with van der Waals surface area (Å²) < 4.78 is 12.0. The first-order valence-corrected chi connectivity index (χ1v) is 13.9. The number of aliphatic hydroxyl groups excluding tert-OH is 1. The van der Waals surface area contributed by atoms with Crippen molar-refractivity contribution in [3.8, 4) is 0 Å². The monoisotopic (exact) mass is 418 g/mol. The standard InChI is InChI=1S/C24H38O4Si/c1-8-27-22(26)20-21(25)18-12-10-9-11-17(18)19-16(13-14-24(19,20)5)15-28-29(6,7)23(2,3)4/h9-12,16,19-21,25H,8,13-15H2,1-7H3/t16-,19+,20+,21-,24-/m0/s1. The van der Waals surface area contributed by atoms with Crippen molar-refractivity contribution in [3.05, 3.63) is 35.4 Å². The van der Waals surface area contributed by atoms with Gasteiger partial charge in [-0.15, -0.1) is 0 Å². The highest BCUT2D eigenvalue weighted by atomic mass is 28.4. The molecule has 5 atom stereocenters. The Labute approximate surface area is 177 Å². The Morgan fingerprint density at radius 1 is 1.24 bits per heavy atom. The first kappa shape index (κ1) is 22.5. The molecule has 5 heteroatoms. The van der Waals surface area contributed by atoms with Gasteiger partial charge in [-0.05, 0) is 66.3 Å². The molecule has 0 spiro atoms. The molecule has 3 rings (SSSR count). The molecule has 0 unspecified atom stereocenters. The number of fused-ring (bicyclic) bond motifs is 3. The van der Waals surface area contributed by atoms with Gasteiger partial charge >= 0.3 is 5.97 Å². The van der Waals surface area contributed by atoms with Gasteiger partial charge in [0.25, 0.3) is 0 Å². The van der Waals surface area contributed by atoms with E-state index in [1.807, 2.05) is 25.1 Å². The number of carbonyl (C=O) groups excluding carboxylic acids is 1. The first-order chi connectivity index (χ1) is 13.4. The van der Waals surface area contributed by atoms with Crippen LogP contribution in [0, 0.1) is 17.3 Å². The molecule has 0 bridgehead atoms. The van der Waals surface area contributed by atoms with Crippen LogP contribution < -0.4 is 0 Å². The molecule has 162 valence electrons.